The van der Waals surface area contributed by atoms with Gasteiger partial charge in [-0.3, -0.25) is 4.79 Å². The van der Waals surface area contributed by atoms with E-state index in [1.165, 1.54) is 11.8 Å². The Morgan fingerprint density at radius 1 is 1.50 bits per heavy atom. The summed E-state index contributed by atoms with van der Waals surface area (Å²) in [6.45, 7) is 1.89. The molecule has 3 rings (SSSR count). The van der Waals surface area contributed by atoms with Gasteiger partial charge in [-0.2, -0.15) is 10.3 Å². The molecule has 6 nitrogen and oxygen atoms in total. The summed E-state index contributed by atoms with van der Waals surface area (Å²) >= 11 is 7.37. The van der Waals surface area contributed by atoms with E-state index in [1.54, 1.807) is 23.1 Å². The third-order valence-corrected chi connectivity index (χ3v) is 7.39. The van der Waals surface area contributed by atoms with Crippen LogP contribution in [0.1, 0.15) is 12.0 Å². The minimum Gasteiger partial charge on any atom is -0.315 e. The molecule has 126 valence electrons. The molecule has 0 aliphatic carbocycles. The molecule has 2 fully saturated rings. The Bertz CT molecular complexity index is 876. The van der Waals surface area contributed by atoms with Gasteiger partial charge in [-0.1, -0.05) is 29.4 Å². The summed E-state index contributed by atoms with van der Waals surface area (Å²) in [5.74, 6) is -0.459. The molecular weight excluding hydrogens is 370 g/mol. The molecule has 1 aromatic carbocycles. The fourth-order valence-electron chi connectivity index (χ4n) is 2.90. The van der Waals surface area contributed by atoms with Gasteiger partial charge in [0.05, 0.1) is 23.6 Å². The zero-order chi connectivity index (χ0) is 17.5. The minimum atomic E-state index is -3.12. The van der Waals surface area contributed by atoms with Gasteiger partial charge in [0, 0.05) is 16.0 Å². The lowest BCUT2D eigenvalue weighted by Gasteiger charge is -2.26. The number of rotatable bonds is 2. The predicted octanol–water partition coefficient (Wildman–Crippen LogP) is 2.16. The lowest BCUT2D eigenvalue weighted by atomic mass is 10.1. The molecule has 0 bridgehead atoms. The number of benzene rings is 1. The molecule has 2 saturated heterocycles. The summed E-state index contributed by atoms with van der Waals surface area (Å²) in [5, 5.41) is 9.42. The Hall–Kier alpha value is -1.56. The number of aliphatic imine (C=N–C) groups is 1. The number of amides is 1. The van der Waals surface area contributed by atoms with Crippen LogP contribution < -0.4 is 4.90 Å². The van der Waals surface area contributed by atoms with E-state index in [4.69, 9.17) is 16.9 Å². The number of aryl methyl sites for hydroxylation is 1. The molecule has 2 heterocycles. The number of sulfone groups is 1. The van der Waals surface area contributed by atoms with Crippen LogP contribution in [-0.2, 0) is 14.6 Å². The molecular formula is C15H14ClN3O3S2. The van der Waals surface area contributed by atoms with Crippen molar-refractivity contribution in [2.75, 3.05) is 16.4 Å². The number of carbonyl (C=O) groups excluding carboxylic acids is 1. The van der Waals surface area contributed by atoms with E-state index in [1.807, 2.05) is 13.0 Å². The van der Waals surface area contributed by atoms with Gasteiger partial charge in [0.2, 0.25) is 0 Å². The summed E-state index contributed by atoms with van der Waals surface area (Å²) in [6, 6.07) is 6.83. The normalized spacial score (nSPS) is 26.4. The highest BCUT2D eigenvalue weighted by Crippen LogP contribution is 2.42. The fourth-order valence-corrected chi connectivity index (χ4v) is 6.99. The number of hydrogen-bond acceptors (Lipinski definition) is 5. The predicted molar refractivity (Wildman–Crippen MR) is 95.2 cm³/mol. The quantitative estimate of drug-likeness (QED) is 0.777. The van der Waals surface area contributed by atoms with Gasteiger partial charge in [-0.25, -0.2) is 8.42 Å². The molecule has 24 heavy (non-hydrogen) atoms. The van der Waals surface area contributed by atoms with Crippen LogP contribution in [0.25, 0.3) is 0 Å². The highest BCUT2D eigenvalue weighted by Gasteiger charge is 2.49. The summed E-state index contributed by atoms with van der Waals surface area (Å²) in [4.78, 5) is 17.6. The molecule has 0 radical (unpaired) electrons. The maximum Gasteiger partial charge on any atom is 0.262 e. The number of nitriles is 1. The van der Waals surface area contributed by atoms with Crippen LogP contribution in [0.3, 0.4) is 0 Å². The number of fused-ring (bicyclic) bond motifs is 1. The van der Waals surface area contributed by atoms with E-state index in [-0.39, 0.29) is 29.2 Å². The maximum absolute atomic E-state index is 12.0. The van der Waals surface area contributed by atoms with Gasteiger partial charge in [0.15, 0.2) is 15.0 Å². The van der Waals surface area contributed by atoms with Crippen LogP contribution in [-0.4, -0.2) is 42.3 Å². The number of amidine groups is 1. The van der Waals surface area contributed by atoms with Gasteiger partial charge in [-0.05, 0) is 24.6 Å². The molecule has 1 aromatic rings. The first kappa shape index (κ1) is 17.3. The zero-order valence-corrected chi connectivity index (χ0v) is 15.2. The van der Waals surface area contributed by atoms with Crippen LogP contribution in [0.5, 0.6) is 0 Å². The van der Waals surface area contributed by atoms with Crippen molar-refractivity contribution >= 4 is 50.0 Å². The molecule has 0 aromatic heterocycles. The van der Waals surface area contributed by atoms with Crippen molar-refractivity contribution < 1.29 is 13.2 Å². The van der Waals surface area contributed by atoms with Crippen molar-refractivity contribution in [3.63, 3.8) is 0 Å². The number of anilines is 1. The first-order valence-electron chi connectivity index (χ1n) is 7.21. The highest BCUT2D eigenvalue weighted by atomic mass is 35.5. The zero-order valence-electron chi connectivity index (χ0n) is 12.8. The number of hydrogen-bond donors (Lipinski definition) is 0. The standard InChI is InChI=1S/C15H14ClN3O3S2/c1-9-2-3-10(16)6-11(9)19-12-7-24(21,22)8-13(12)23-15(19)18-14(20)4-5-17/h2-3,6,12-13H,4,7-8H2,1H3/t12-,13+/m1/s1. The summed E-state index contributed by atoms with van der Waals surface area (Å²) in [7, 11) is -3.12. The second-order valence-electron chi connectivity index (χ2n) is 5.72. The molecule has 9 heteroatoms. The Balaban J connectivity index is 2.06. The van der Waals surface area contributed by atoms with Crippen LogP contribution in [0.2, 0.25) is 5.02 Å². The average Bonchev–Trinajstić information content (AvgIpc) is 2.93. The third-order valence-electron chi connectivity index (χ3n) is 3.95. The van der Waals surface area contributed by atoms with Crippen molar-refractivity contribution in [1.82, 2.24) is 0 Å². The summed E-state index contributed by atoms with van der Waals surface area (Å²) < 4.78 is 24.0. The van der Waals surface area contributed by atoms with Crippen LogP contribution >= 0.6 is 23.4 Å². The SMILES string of the molecule is Cc1ccc(Cl)cc1N1C(=NC(=O)CC#N)S[C@H]2CS(=O)(=O)C[C@H]21. The smallest absolute Gasteiger partial charge is 0.262 e. The van der Waals surface area contributed by atoms with Crippen LogP contribution in [0.15, 0.2) is 23.2 Å². The van der Waals surface area contributed by atoms with E-state index >= 15 is 0 Å². The van der Waals surface area contributed by atoms with Gasteiger partial charge in [0.25, 0.3) is 5.91 Å². The molecule has 1 amide bonds. The lowest BCUT2D eigenvalue weighted by Crippen LogP contribution is -2.38. The molecule has 2 atom stereocenters. The molecule has 0 N–H and O–H groups in total. The Morgan fingerprint density at radius 3 is 2.96 bits per heavy atom. The third kappa shape index (κ3) is 3.29. The number of halogens is 1. The second-order valence-corrected chi connectivity index (χ2v) is 9.52. The topological polar surface area (TPSA) is 90.6 Å². The van der Waals surface area contributed by atoms with Crippen molar-refractivity contribution in [3.05, 3.63) is 28.8 Å². The maximum atomic E-state index is 12.0. The fraction of sp³-hybridized carbons (Fsp3) is 0.400. The van der Waals surface area contributed by atoms with E-state index in [2.05, 4.69) is 4.99 Å². The van der Waals surface area contributed by atoms with E-state index in [9.17, 15) is 13.2 Å². The van der Waals surface area contributed by atoms with Gasteiger partial charge >= 0.3 is 0 Å². The van der Waals surface area contributed by atoms with E-state index in [0.29, 0.717) is 10.2 Å². The number of nitrogens with zero attached hydrogens (tertiary/aromatic N) is 3. The van der Waals surface area contributed by atoms with Crippen molar-refractivity contribution in [2.45, 2.75) is 24.6 Å². The summed E-state index contributed by atoms with van der Waals surface area (Å²) in [5.41, 5.74) is 1.65. The Kier molecular flexibility index (Phi) is 4.60. The minimum absolute atomic E-state index is 0.0160. The first-order valence-corrected chi connectivity index (χ1v) is 10.3. The second kappa shape index (κ2) is 6.39. The molecule has 0 unspecified atom stereocenters. The lowest BCUT2D eigenvalue weighted by molar-refractivity contribution is -0.116. The molecule has 2 aliphatic heterocycles. The van der Waals surface area contributed by atoms with Gasteiger partial charge < -0.3 is 4.90 Å². The van der Waals surface area contributed by atoms with E-state index in [0.717, 1.165) is 11.3 Å². The molecule has 2 aliphatic rings. The van der Waals surface area contributed by atoms with E-state index < -0.39 is 15.7 Å². The largest absolute Gasteiger partial charge is 0.315 e. The molecule has 0 spiro atoms. The van der Waals surface area contributed by atoms with Crippen molar-refractivity contribution in [2.24, 2.45) is 4.99 Å². The van der Waals surface area contributed by atoms with Gasteiger partial charge in [-0.15, -0.1) is 0 Å². The Morgan fingerprint density at radius 2 is 2.25 bits per heavy atom. The van der Waals surface area contributed by atoms with Crippen LogP contribution in [0.4, 0.5) is 5.69 Å². The summed E-state index contributed by atoms with van der Waals surface area (Å²) in [6.07, 6.45) is -0.305. The average molecular weight is 384 g/mol. The van der Waals surface area contributed by atoms with Gasteiger partial charge in [0.1, 0.15) is 6.42 Å². The Labute approximate surface area is 149 Å². The van der Waals surface area contributed by atoms with Crippen LogP contribution in [0, 0.1) is 18.3 Å². The van der Waals surface area contributed by atoms with Crippen molar-refractivity contribution in [3.8, 4) is 6.07 Å². The number of thioether (sulfide) groups is 1. The number of carbonyl (C=O) groups is 1. The van der Waals surface area contributed by atoms with Crippen molar-refractivity contribution in [1.29, 1.82) is 5.26 Å². The highest BCUT2D eigenvalue weighted by molar-refractivity contribution is 8.16. The molecule has 0 saturated carbocycles. The monoisotopic (exact) mass is 383 g/mol. The first-order chi connectivity index (χ1) is 11.3.